The Kier molecular flexibility index (Phi) is 6.90. The van der Waals surface area contributed by atoms with Gasteiger partial charge in [0, 0.05) is 12.1 Å². The van der Waals surface area contributed by atoms with E-state index in [2.05, 4.69) is 22.4 Å². The van der Waals surface area contributed by atoms with Crippen LogP contribution in [0.3, 0.4) is 0 Å². The first kappa shape index (κ1) is 20.2. The minimum Gasteiger partial charge on any atom is -0.493 e. The first-order valence-electron chi connectivity index (χ1n) is 10.1. The lowest BCUT2D eigenvalue weighted by Gasteiger charge is -2.17. The Morgan fingerprint density at radius 2 is 1.96 bits per heavy atom. The van der Waals surface area contributed by atoms with Crippen LogP contribution in [-0.2, 0) is 17.6 Å². The smallest absolute Gasteiger partial charge is 0.226 e. The van der Waals surface area contributed by atoms with Gasteiger partial charge in [0.1, 0.15) is 0 Å². The Balaban J connectivity index is 1.70. The first-order chi connectivity index (χ1) is 13.6. The van der Waals surface area contributed by atoms with Crippen LogP contribution >= 0.6 is 0 Å². The van der Waals surface area contributed by atoms with E-state index in [-0.39, 0.29) is 17.9 Å². The van der Waals surface area contributed by atoms with E-state index in [1.54, 1.807) is 13.3 Å². The van der Waals surface area contributed by atoms with Crippen molar-refractivity contribution in [2.75, 3.05) is 12.4 Å². The van der Waals surface area contributed by atoms with Gasteiger partial charge in [-0.1, -0.05) is 19.9 Å². The lowest BCUT2D eigenvalue weighted by molar-refractivity contribution is -0.118. The van der Waals surface area contributed by atoms with Gasteiger partial charge in [0.05, 0.1) is 24.6 Å². The Bertz CT molecular complexity index is 798. The van der Waals surface area contributed by atoms with Crippen molar-refractivity contribution in [2.24, 2.45) is 5.92 Å². The third kappa shape index (κ3) is 5.24. The fraction of sp³-hybridized carbons (Fsp3) is 0.478. The van der Waals surface area contributed by atoms with Crippen LogP contribution < -0.4 is 14.8 Å². The molecule has 1 amide bonds. The molecule has 0 unspecified atom stereocenters. The number of methoxy groups -OCH3 is 1. The summed E-state index contributed by atoms with van der Waals surface area (Å²) in [4.78, 5) is 16.5. The maximum atomic E-state index is 12.0. The van der Waals surface area contributed by atoms with E-state index in [1.807, 2.05) is 32.0 Å². The molecule has 1 fully saturated rings. The quantitative estimate of drug-likeness (QED) is 0.713. The summed E-state index contributed by atoms with van der Waals surface area (Å²) >= 11 is 0. The molecule has 5 nitrogen and oxygen atoms in total. The molecule has 0 bridgehead atoms. The van der Waals surface area contributed by atoms with E-state index < -0.39 is 0 Å². The van der Waals surface area contributed by atoms with Gasteiger partial charge in [-0.3, -0.25) is 9.78 Å². The molecule has 0 spiro atoms. The number of amides is 1. The van der Waals surface area contributed by atoms with Gasteiger partial charge < -0.3 is 14.8 Å². The van der Waals surface area contributed by atoms with E-state index in [0.717, 1.165) is 48.6 Å². The molecule has 1 aromatic heterocycles. The van der Waals surface area contributed by atoms with Crippen molar-refractivity contribution in [1.29, 1.82) is 0 Å². The van der Waals surface area contributed by atoms with Gasteiger partial charge in [-0.05, 0) is 68.4 Å². The summed E-state index contributed by atoms with van der Waals surface area (Å²) in [5.74, 6) is 1.54. The predicted octanol–water partition coefficient (Wildman–Crippen LogP) is 4.79. The zero-order valence-corrected chi connectivity index (χ0v) is 17.0. The second-order valence-electron chi connectivity index (χ2n) is 7.65. The van der Waals surface area contributed by atoms with Gasteiger partial charge in [-0.2, -0.15) is 0 Å². The minimum absolute atomic E-state index is 0.00551. The van der Waals surface area contributed by atoms with E-state index in [9.17, 15) is 4.79 Å². The number of ether oxygens (including phenoxy) is 2. The third-order valence-corrected chi connectivity index (χ3v) is 5.15. The maximum Gasteiger partial charge on any atom is 0.226 e. The largest absolute Gasteiger partial charge is 0.493 e. The van der Waals surface area contributed by atoms with Crippen molar-refractivity contribution in [3.63, 3.8) is 0 Å². The topological polar surface area (TPSA) is 60.5 Å². The number of hydrogen-bond donors (Lipinski definition) is 1. The SMILES string of the molecule is COc1ccc(CCc2ncccc2NC(=O)C(C)C)cc1OC1CCCC1. The van der Waals surface area contributed by atoms with Crippen molar-refractivity contribution in [3.8, 4) is 11.5 Å². The summed E-state index contributed by atoms with van der Waals surface area (Å²) in [5, 5.41) is 2.98. The lowest BCUT2D eigenvalue weighted by Crippen LogP contribution is -2.19. The molecule has 1 N–H and O–H groups in total. The number of pyridine rings is 1. The lowest BCUT2D eigenvalue weighted by atomic mass is 10.1. The highest BCUT2D eigenvalue weighted by molar-refractivity contribution is 5.92. The van der Waals surface area contributed by atoms with Crippen LogP contribution in [0.15, 0.2) is 36.5 Å². The number of carbonyl (C=O) groups excluding carboxylic acids is 1. The number of carbonyl (C=O) groups is 1. The van der Waals surface area contributed by atoms with E-state index in [4.69, 9.17) is 9.47 Å². The third-order valence-electron chi connectivity index (χ3n) is 5.15. The van der Waals surface area contributed by atoms with Crippen LogP contribution in [0.25, 0.3) is 0 Å². The van der Waals surface area contributed by atoms with Gasteiger partial charge in [-0.15, -0.1) is 0 Å². The molecule has 5 heteroatoms. The van der Waals surface area contributed by atoms with Crippen molar-refractivity contribution in [3.05, 3.63) is 47.8 Å². The first-order valence-corrected chi connectivity index (χ1v) is 10.1. The highest BCUT2D eigenvalue weighted by atomic mass is 16.5. The normalized spacial score (nSPS) is 14.3. The zero-order valence-electron chi connectivity index (χ0n) is 17.0. The van der Waals surface area contributed by atoms with Crippen molar-refractivity contribution in [1.82, 2.24) is 4.98 Å². The molecule has 2 aromatic rings. The van der Waals surface area contributed by atoms with Crippen molar-refractivity contribution in [2.45, 2.75) is 58.5 Å². The molecule has 150 valence electrons. The van der Waals surface area contributed by atoms with Crippen LogP contribution in [0, 0.1) is 5.92 Å². The van der Waals surface area contributed by atoms with Gasteiger partial charge in [-0.25, -0.2) is 0 Å². The van der Waals surface area contributed by atoms with Crippen molar-refractivity contribution >= 4 is 11.6 Å². The minimum atomic E-state index is -0.0649. The predicted molar refractivity (Wildman–Crippen MR) is 111 cm³/mol. The average Bonchev–Trinajstić information content (AvgIpc) is 3.20. The molecule has 1 heterocycles. The molecule has 1 aliphatic rings. The standard InChI is InChI=1S/C23H30N2O3/c1-16(2)23(26)25-20-9-6-14-24-19(20)12-10-17-11-13-21(27-3)22(15-17)28-18-7-4-5-8-18/h6,9,11,13-16,18H,4-5,7-8,10,12H2,1-3H3,(H,25,26). The van der Waals surface area contributed by atoms with Gasteiger partial charge in [0.2, 0.25) is 5.91 Å². The van der Waals surface area contributed by atoms with Gasteiger partial charge in [0.15, 0.2) is 11.5 Å². The Labute approximate surface area is 167 Å². The fourth-order valence-corrected chi connectivity index (χ4v) is 3.45. The summed E-state index contributed by atoms with van der Waals surface area (Å²) in [6.45, 7) is 3.77. The molecule has 1 aliphatic carbocycles. The number of nitrogens with one attached hydrogen (secondary N) is 1. The summed E-state index contributed by atoms with van der Waals surface area (Å²) < 4.78 is 11.7. The molecule has 0 saturated heterocycles. The monoisotopic (exact) mass is 382 g/mol. The zero-order chi connectivity index (χ0) is 19.9. The Morgan fingerprint density at radius 1 is 1.18 bits per heavy atom. The van der Waals surface area contributed by atoms with Crippen LogP contribution in [0.2, 0.25) is 0 Å². The Hall–Kier alpha value is -2.56. The number of nitrogens with zero attached hydrogens (tertiary/aromatic N) is 1. The molecule has 3 rings (SSSR count). The number of benzene rings is 1. The summed E-state index contributed by atoms with van der Waals surface area (Å²) in [6, 6.07) is 9.87. The fourth-order valence-electron chi connectivity index (χ4n) is 3.45. The van der Waals surface area contributed by atoms with E-state index >= 15 is 0 Å². The number of aryl methyl sites for hydroxylation is 2. The molecule has 0 aliphatic heterocycles. The second kappa shape index (κ2) is 9.58. The van der Waals surface area contributed by atoms with Crippen LogP contribution in [0.4, 0.5) is 5.69 Å². The molecule has 1 aromatic carbocycles. The maximum absolute atomic E-state index is 12.0. The summed E-state index contributed by atoms with van der Waals surface area (Å²) in [5.41, 5.74) is 2.85. The highest BCUT2D eigenvalue weighted by Gasteiger charge is 2.19. The average molecular weight is 383 g/mol. The molecule has 0 atom stereocenters. The summed E-state index contributed by atoms with van der Waals surface area (Å²) in [6.07, 6.45) is 8.30. The number of aromatic nitrogens is 1. The Morgan fingerprint density at radius 3 is 2.68 bits per heavy atom. The molecular formula is C23H30N2O3. The van der Waals surface area contributed by atoms with Crippen LogP contribution in [0.1, 0.15) is 50.8 Å². The molecule has 1 saturated carbocycles. The molecular weight excluding hydrogens is 352 g/mol. The molecule has 0 radical (unpaired) electrons. The molecule has 28 heavy (non-hydrogen) atoms. The summed E-state index contributed by atoms with van der Waals surface area (Å²) in [7, 11) is 1.67. The van der Waals surface area contributed by atoms with Crippen LogP contribution in [0.5, 0.6) is 11.5 Å². The van der Waals surface area contributed by atoms with Crippen LogP contribution in [-0.4, -0.2) is 24.1 Å². The highest BCUT2D eigenvalue weighted by Crippen LogP contribution is 2.33. The van der Waals surface area contributed by atoms with E-state index in [0.29, 0.717) is 0 Å². The van der Waals surface area contributed by atoms with Crippen molar-refractivity contribution < 1.29 is 14.3 Å². The number of anilines is 1. The van der Waals surface area contributed by atoms with Gasteiger partial charge >= 0.3 is 0 Å². The van der Waals surface area contributed by atoms with E-state index in [1.165, 1.54) is 18.4 Å². The van der Waals surface area contributed by atoms with Gasteiger partial charge in [0.25, 0.3) is 0 Å². The number of hydrogen-bond acceptors (Lipinski definition) is 4. The number of rotatable bonds is 8. The second-order valence-corrected chi connectivity index (χ2v) is 7.65.